The summed E-state index contributed by atoms with van der Waals surface area (Å²) in [6, 6.07) is 12.9. The van der Waals surface area contributed by atoms with Crippen LogP contribution >= 0.6 is 11.6 Å². The minimum Gasteiger partial charge on any atom is -0.497 e. The zero-order valence-corrected chi connectivity index (χ0v) is 18.6. The molecule has 0 aliphatic heterocycles. The fourth-order valence-corrected chi connectivity index (χ4v) is 3.69. The summed E-state index contributed by atoms with van der Waals surface area (Å²) in [7, 11) is 3.20. The smallest absolute Gasteiger partial charge is 0.255 e. The third-order valence-corrected chi connectivity index (χ3v) is 5.51. The molecule has 7 heteroatoms. The molecule has 1 aromatic heterocycles. The molecule has 6 nitrogen and oxygen atoms in total. The van der Waals surface area contributed by atoms with Gasteiger partial charge in [0.15, 0.2) is 0 Å². The van der Waals surface area contributed by atoms with Crippen molar-refractivity contribution in [3.05, 3.63) is 75.6 Å². The Morgan fingerprint density at radius 3 is 2.57 bits per heavy atom. The van der Waals surface area contributed by atoms with E-state index in [4.69, 9.17) is 21.1 Å². The number of carbonyl (C=O) groups is 1. The fourth-order valence-electron chi connectivity index (χ4n) is 3.49. The lowest BCUT2D eigenvalue weighted by molar-refractivity contribution is 0.0938. The zero-order valence-electron chi connectivity index (χ0n) is 17.8. The molecule has 0 saturated carbocycles. The average molecular weight is 428 g/mol. The number of aromatic nitrogens is 2. The standard InChI is InChI=1S/C23H26ClN3O3/c1-14(19-11-10-18(29-4)12-21(19)30-5)25-23(28)22-15(2)26-27(16(22)3)13-17-8-6-7-9-20(17)24/h6-12,14H,13H2,1-5H3,(H,25,28). The molecule has 3 rings (SSSR count). The van der Waals surface area contributed by atoms with Crippen molar-refractivity contribution < 1.29 is 14.3 Å². The van der Waals surface area contributed by atoms with Crippen LogP contribution in [-0.4, -0.2) is 29.9 Å². The normalized spacial score (nSPS) is 11.8. The molecule has 158 valence electrons. The number of benzene rings is 2. The van der Waals surface area contributed by atoms with Crippen LogP contribution in [0.15, 0.2) is 42.5 Å². The van der Waals surface area contributed by atoms with E-state index in [0.717, 1.165) is 16.8 Å². The van der Waals surface area contributed by atoms with Gasteiger partial charge in [0.25, 0.3) is 5.91 Å². The molecule has 1 atom stereocenters. The molecular formula is C23H26ClN3O3. The van der Waals surface area contributed by atoms with E-state index in [1.807, 2.05) is 61.9 Å². The van der Waals surface area contributed by atoms with Crippen LogP contribution in [0, 0.1) is 13.8 Å². The zero-order chi connectivity index (χ0) is 21.8. The van der Waals surface area contributed by atoms with Crippen LogP contribution in [0.1, 0.15) is 45.8 Å². The first-order valence-corrected chi connectivity index (χ1v) is 10.0. The van der Waals surface area contributed by atoms with Gasteiger partial charge in [-0.05, 0) is 44.5 Å². The Hall–Kier alpha value is -2.99. The number of aryl methyl sites for hydroxylation is 1. The summed E-state index contributed by atoms with van der Waals surface area (Å²) < 4.78 is 12.5. The number of carbonyl (C=O) groups excluding carboxylic acids is 1. The quantitative estimate of drug-likeness (QED) is 0.593. The van der Waals surface area contributed by atoms with Crippen LogP contribution in [0.5, 0.6) is 11.5 Å². The number of hydrogen-bond donors (Lipinski definition) is 1. The largest absolute Gasteiger partial charge is 0.497 e. The van der Waals surface area contributed by atoms with Gasteiger partial charge >= 0.3 is 0 Å². The average Bonchev–Trinajstić information content (AvgIpc) is 3.02. The predicted molar refractivity (Wildman–Crippen MR) is 118 cm³/mol. The molecule has 1 unspecified atom stereocenters. The van der Waals surface area contributed by atoms with Gasteiger partial charge in [-0.1, -0.05) is 29.8 Å². The van der Waals surface area contributed by atoms with Gasteiger partial charge in [0.2, 0.25) is 0 Å². The van der Waals surface area contributed by atoms with Gasteiger partial charge in [-0.25, -0.2) is 0 Å². The van der Waals surface area contributed by atoms with Gasteiger partial charge in [0, 0.05) is 22.3 Å². The van der Waals surface area contributed by atoms with Crippen LogP contribution in [-0.2, 0) is 6.54 Å². The van der Waals surface area contributed by atoms with Crippen molar-refractivity contribution >= 4 is 17.5 Å². The van der Waals surface area contributed by atoms with E-state index in [1.165, 1.54) is 0 Å². The van der Waals surface area contributed by atoms with Gasteiger partial charge in [0.1, 0.15) is 11.5 Å². The van der Waals surface area contributed by atoms with E-state index in [9.17, 15) is 4.79 Å². The molecule has 0 bridgehead atoms. The highest BCUT2D eigenvalue weighted by Crippen LogP contribution is 2.30. The Morgan fingerprint density at radius 2 is 1.90 bits per heavy atom. The number of amides is 1. The molecule has 0 spiro atoms. The Kier molecular flexibility index (Phi) is 6.67. The summed E-state index contributed by atoms with van der Waals surface area (Å²) in [5.41, 5.74) is 3.85. The lowest BCUT2D eigenvalue weighted by Crippen LogP contribution is -2.28. The van der Waals surface area contributed by atoms with Crippen LogP contribution in [0.2, 0.25) is 5.02 Å². The number of methoxy groups -OCH3 is 2. The summed E-state index contributed by atoms with van der Waals surface area (Å²) in [6.45, 7) is 6.15. The molecule has 2 aromatic carbocycles. The maximum atomic E-state index is 13.1. The fraction of sp³-hybridized carbons (Fsp3) is 0.304. The van der Waals surface area contributed by atoms with Crippen LogP contribution in [0.25, 0.3) is 0 Å². The highest BCUT2D eigenvalue weighted by atomic mass is 35.5. The third-order valence-electron chi connectivity index (χ3n) is 5.14. The molecule has 1 amide bonds. The summed E-state index contributed by atoms with van der Waals surface area (Å²) in [5.74, 6) is 1.17. The highest BCUT2D eigenvalue weighted by molar-refractivity contribution is 6.31. The van der Waals surface area contributed by atoms with E-state index in [-0.39, 0.29) is 11.9 Å². The third kappa shape index (κ3) is 4.44. The van der Waals surface area contributed by atoms with E-state index in [1.54, 1.807) is 20.3 Å². The Bertz CT molecular complexity index is 1060. The lowest BCUT2D eigenvalue weighted by atomic mass is 10.1. The van der Waals surface area contributed by atoms with Crippen molar-refractivity contribution in [1.29, 1.82) is 0 Å². The lowest BCUT2D eigenvalue weighted by Gasteiger charge is -2.18. The second-order valence-electron chi connectivity index (χ2n) is 7.10. The Morgan fingerprint density at radius 1 is 1.17 bits per heavy atom. The number of halogens is 1. The van der Waals surface area contributed by atoms with Crippen LogP contribution in [0.4, 0.5) is 0 Å². The molecule has 30 heavy (non-hydrogen) atoms. The molecule has 3 aromatic rings. The molecule has 0 radical (unpaired) electrons. The second kappa shape index (κ2) is 9.22. The number of nitrogens with zero attached hydrogens (tertiary/aromatic N) is 2. The SMILES string of the molecule is COc1ccc(C(C)NC(=O)c2c(C)nn(Cc3ccccc3Cl)c2C)c(OC)c1. The summed E-state index contributed by atoms with van der Waals surface area (Å²) in [5, 5.41) is 8.29. The topological polar surface area (TPSA) is 65.4 Å². The number of hydrogen-bond acceptors (Lipinski definition) is 4. The number of rotatable bonds is 7. The van der Waals surface area contributed by atoms with E-state index < -0.39 is 0 Å². The van der Waals surface area contributed by atoms with Gasteiger partial charge in [-0.2, -0.15) is 5.10 Å². The van der Waals surface area contributed by atoms with Gasteiger partial charge < -0.3 is 14.8 Å². The number of nitrogens with one attached hydrogen (secondary N) is 1. The number of ether oxygens (including phenoxy) is 2. The van der Waals surface area contributed by atoms with Crippen molar-refractivity contribution in [3.8, 4) is 11.5 Å². The Balaban J connectivity index is 1.82. The van der Waals surface area contributed by atoms with E-state index in [0.29, 0.717) is 34.3 Å². The first-order chi connectivity index (χ1) is 14.3. The Labute approximate surface area is 181 Å². The van der Waals surface area contributed by atoms with Crippen molar-refractivity contribution in [2.45, 2.75) is 33.4 Å². The maximum Gasteiger partial charge on any atom is 0.255 e. The van der Waals surface area contributed by atoms with Crippen molar-refractivity contribution in [2.75, 3.05) is 14.2 Å². The minimum absolute atomic E-state index is 0.180. The van der Waals surface area contributed by atoms with Gasteiger partial charge in [0.05, 0.1) is 38.1 Å². The van der Waals surface area contributed by atoms with Crippen molar-refractivity contribution in [1.82, 2.24) is 15.1 Å². The molecule has 1 heterocycles. The van der Waals surface area contributed by atoms with Crippen LogP contribution < -0.4 is 14.8 Å². The molecule has 0 aliphatic rings. The first-order valence-electron chi connectivity index (χ1n) is 9.65. The van der Waals surface area contributed by atoms with E-state index >= 15 is 0 Å². The molecule has 0 saturated heterocycles. The van der Waals surface area contributed by atoms with Crippen LogP contribution in [0.3, 0.4) is 0 Å². The predicted octanol–water partition coefficient (Wildman–Crippen LogP) is 4.71. The second-order valence-corrected chi connectivity index (χ2v) is 7.51. The van der Waals surface area contributed by atoms with Gasteiger partial charge in [-0.3, -0.25) is 9.48 Å². The molecule has 0 aliphatic carbocycles. The van der Waals surface area contributed by atoms with E-state index in [2.05, 4.69) is 10.4 Å². The highest BCUT2D eigenvalue weighted by Gasteiger charge is 2.22. The van der Waals surface area contributed by atoms with Crippen molar-refractivity contribution in [2.24, 2.45) is 0 Å². The summed E-state index contributed by atoms with van der Waals surface area (Å²) in [4.78, 5) is 13.1. The molecular weight excluding hydrogens is 402 g/mol. The van der Waals surface area contributed by atoms with Crippen molar-refractivity contribution in [3.63, 3.8) is 0 Å². The first kappa shape index (κ1) is 21.7. The summed E-state index contributed by atoms with van der Waals surface area (Å²) >= 11 is 6.28. The molecule has 0 fully saturated rings. The summed E-state index contributed by atoms with van der Waals surface area (Å²) in [6.07, 6.45) is 0. The minimum atomic E-state index is -0.260. The van der Waals surface area contributed by atoms with Gasteiger partial charge in [-0.15, -0.1) is 0 Å². The monoisotopic (exact) mass is 427 g/mol. The molecule has 1 N–H and O–H groups in total. The maximum absolute atomic E-state index is 13.1.